The molecule has 0 saturated heterocycles. The van der Waals surface area contributed by atoms with E-state index in [2.05, 4.69) is 0 Å². The van der Waals surface area contributed by atoms with Crippen LogP contribution in [0.1, 0.15) is 20.8 Å². The van der Waals surface area contributed by atoms with E-state index in [1.165, 1.54) is 22.3 Å². The fraction of sp³-hybridized carbons (Fsp3) is 0.133. The zero-order chi connectivity index (χ0) is 16.7. The monoisotopic (exact) mass is 332 g/mol. The number of carboxylic acid groups (broad SMARTS) is 1. The first-order valence-electron chi connectivity index (χ1n) is 6.59. The number of carbonyl (C=O) groups excluding carboxylic acids is 1. The number of hydrogen-bond donors (Lipinski definition) is 1. The highest BCUT2D eigenvalue weighted by atomic mass is 32.1. The molecular formula is C15H12N2O5S. The molecule has 3 aromatic heterocycles. The first kappa shape index (κ1) is 15.0. The minimum atomic E-state index is -1.34. The molecule has 0 radical (unpaired) electrons. The van der Waals surface area contributed by atoms with Crippen molar-refractivity contribution in [1.82, 2.24) is 4.57 Å². The number of aromatic nitrogens is 1. The first-order valence-corrected chi connectivity index (χ1v) is 7.40. The zero-order valence-electron chi connectivity index (χ0n) is 12.3. The van der Waals surface area contributed by atoms with Crippen LogP contribution in [-0.2, 0) is 7.05 Å². The molecule has 0 unspecified atom stereocenters. The van der Waals surface area contributed by atoms with Crippen molar-refractivity contribution in [2.24, 2.45) is 7.05 Å². The Morgan fingerprint density at radius 3 is 2.70 bits per heavy atom. The van der Waals surface area contributed by atoms with Crippen LogP contribution < -0.4 is 10.5 Å². The van der Waals surface area contributed by atoms with Crippen LogP contribution in [0.5, 0.6) is 0 Å². The molecule has 7 nitrogen and oxygen atoms in total. The quantitative estimate of drug-likeness (QED) is 0.793. The summed E-state index contributed by atoms with van der Waals surface area (Å²) in [5.41, 5.74) is -0.572. The van der Waals surface area contributed by atoms with Crippen LogP contribution in [0.25, 0.3) is 10.3 Å². The Kier molecular flexibility index (Phi) is 3.53. The molecule has 1 amide bonds. The summed E-state index contributed by atoms with van der Waals surface area (Å²) in [5.74, 6) is -1.56. The maximum absolute atomic E-state index is 12.5. The van der Waals surface area contributed by atoms with Gasteiger partial charge in [-0.3, -0.25) is 4.79 Å². The number of carboxylic acids is 1. The van der Waals surface area contributed by atoms with Gasteiger partial charge < -0.3 is 19.0 Å². The molecule has 23 heavy (non-hydrogen) atoms. The number of fused-ring (bicyclic) bond motifs is 1. The lowest BCUT2D eigenvalue weighted by Gasteiger charge is -2.14. The molecule has 0 fully saturated rings. The first-order chi connectivity index (χ1) is 10.9. The predicted octanol–water partition coefficient (Wildman–Crippen LogP) is 2.17. The van der Waals surface area contributed by atoms with Crippen LogP contribution in [0, 0.1) is 0 Å². The van der Waals surface area contributed by atoms with Crippen LogP contribution in [-0.4, -0.2) is 28.6 Å². The Bertz CT molecular complexity index is 981. The van der Waals surface area contributed by atoms with Gasteiger partial charge in [0.25, 0.3) is 5.91 Å². The number of thiophene rings is 1. The van der Waals surface area contributed by atoms with Crippen molar-refractivity contribution in [3.8, 4) is 0 Å². The number of amides is 1. The second kappa shape index (κ2) is 5.40. The SMILES string of the molecule is CN(C(=O)c1cccn1C)c1cc2oc(=O)c(C(=O)O)cc2s1. The summed E-state index contributed by atoms with van der Waals surface area (Å²) in [6.45, 7) is 0. The zero-order valence-corrected chi connectivity index (χ0v) is 13.1. The number of rotatable bonds is 3. The van der Waals surface area contributed by atoms with Gasteiger partial charge in [-0.15, -0.1) is 11.3 Å². The van der Waals surface area contributed by atoms with Crippen molar-refractivity contribution in [3.63, 3.8) is 0 Å². The van der Waals surface area contributed by atoms with Crippen LogP contribution >= 0.6 is 11.3 Å². The van der Waals surface area contributed by atoms with Gasteiger partial charge in [-0.05, 0) is 18.2 Å². The van der Waals surface area contributed by atoms with Gasteiger partial charge in [0.05, 0.1) is 4.70 Å². The molecule has 3 heterocycles. The summed E-state index contributed by atoms with van der Waals surface area (Å²) < 4.78 is 7.20. The fourth-order valence-corrected chi connectivity index (χ4v) is 3.16. The third-order valence-electron chi connectivity index (χ3n) is 3.44. The molecule has 0 aliphatic carbocycles. The van der Waals surface area contributed by atoms with E-state index in [1.54, 1.807) is 43.1 Å². The third-order valence-corrected chi connectivity index (χ3v) is 4.58. The summed E-state index contributed by atoms with van der Waals surface area (Å²) in [5, 5.41) is 9.51. The number of nitrogens with zero attached hydrogens (tertiary/aromatic N) is 2. The van der Waals surface area contributed by atoms with E-state index < -0.39 is 17.2 Å². The van der Waals surface area contributed by atoms with Crippen LogP contribution in [0.4, 0.5) is 5.00 Å². The highest BCUT2D eigenvalue weighted by molar-refractivity contribution is 7.22. The molecule has 0 aromatic carbocycles. The van der Waals surface area contributed by atoms with Crippen LogP contribution in [0.15, 0.2) is 39.7 Å². The Labute approximate surface area is 134 Å². The lowest BCUT2D eigenvalue weighted by atomic mass is 10.3. The van der Waals surface area contributed by atoms with E-state index in [-0.39, 0.29) is 11.5 Å². The number of aromatic carboxylic acids is 1. The number of anilines is 1. The molecule has 8 heteroatoms. The summed E-state index contributed by atoms with van der Waals surface area (Å²) in [6.07, 6.45) is 1.77. The van der Waals surface area contributed by atoms with E-state index in [9.17, 15) is 14.4 Å². The van der Waals surface area contributed by atoms with E-state index in [0.717, 1.165) is 0 Å². The Hall–Kier alpha value is -2.87. The molecule has 0 aliphatic rings. The van der Waals surface area contributed by atoms with Gasteiger partial charge in [0.15, 0.2) is 5.58 Å². The molecule has 0 spiro atoms. The predicted molar refractivity (Wildman–Crippen MR) is 85.5 cm³/mol. The van der Waals surface area contributed by atoms with Crippen molar-refractivity contribution in [3.05, 3.63) is 52.1 Å². The summed E-state index contributed by atoms with van der Waals surface area (Å²) in [6, 6.07) is 6.28. The van der Waals surface area contributed by atoms with Gasteiger partial charge >= 0.3 is 11.6 Å². The highest BCUT2D eigenvalue weighted by Gasteiger charge is 2.20. The molecule has 1 N–H and O–H groups in total. The van der Waals surface area contributed by atoms with Gasteiger partial charge in [-0.25, -0.2) is 9.59 Å². The summed E-state index contributed by atoms with van der Waals surface area (Å²) in [7, 11) is 3.38. The molecule has 3 aromatic rings. The Morgan fingerprint density at radius 1 is 1.35 bits per heavy atom. The Balaban J connectivity index is 2.03. The lowest BCUT2D eigenvalue weighted by molar-refractivity contribution is 0.0692. The van der Waals surface area contributed by atoms with Gasteiger partial charge in [-0.1, -0.05) is 0 Å². The number of carbonyl (C=O) groups is 2. The smallest absolute Gasteiger partial charge is 0.351 e. The van der Waals surface area contributed by atoms with Crippen molar-refractivity contribution >= 4 is 38.5 Å². The maximum Gasteiger partial charge on any atom is 0.351 e. The van der Waals surface area contributed by atoms with Crippen LogP contribution in [0.3, 0.4) is 0 Å². The molecule has 118 valence electrons. The van der Waals surface area contributed by atoms with Crippen molar-refractivity contribution in [1.29, 1.82) is 0 Å². The van der Waals surface area contributed by atoms with E-state index in [4.69, 9.17) is 9.52 Å². The van der Waals surface area contributed by atoms with Crippen molar-refractivity contribution in [2.75, 3.05) is 11.9 Å². The third kappa shape index (κ3) is 2.53. The van der Waals surface area contributed by atoms with E-state index in [0.29, 0.717) is 15.4 Å². The van der Waals surface area contributed by atoms with Gasteiger partial charge in [0, 0.05) is 26.4 Å². The second-order valence-electron chi connectivity index (χ2n) is 4.93. The fourth-order valence-electron chi connectivity index (χ4n) is 2.17. The maximum atomic E-state index is 12.5. The molecule has 3 rings (SSSR count). The minimum Gasteiger partial charge on any atom is -0.477 e. The van der Waals surface area contributed by atoms with Gasteiger partial charge in [0.1, 0.15) is 16.3 Å². The normalized spacial score (nSPS) is 10.9. The topological polar surface area (TPSA) is 92.8 Å². The van der Waals surface area contributed by atoms with Crippen molar-refractivity contribution in [2.45, 2.75) is 0 Å². The average Bonchev–Trinajstić information content (AvgIpc) is 3.10. The minimum absolute atomic E-state index is 0.218. The number of hydrogen-bond acceptors (Lipinski definition) is 5. The summed E-state index contributed by atoms with van der Waals surface area (Å²) >= 11 is 1.18. The Morgan fingerprint density at radius 2 is 2.09 bits per heavy atom. The molecule has 0 aliphatic heterocycles. The standard InChI is InChI=1S/C15H12N2O5S/c1-16-5-3-4-9(16)13(18)17(2)12-7-10-11(23-12)6-8(14(19)20)15(21)22-10/h3-7H,1-2H3,(H,19,20). The molecule has 0 atom stereocenters. The van der Waals surface area contributed by atoms with E-state index in [1.807, 2.05) is 0 Å². The number of aryl methyl sites for hydroxylation is 1. The van der Waals surface area contributed by atoms with Gasteiger partial charge in [-0.2, -0.15) is 0 Å². The van der Waals surface area contributed by atoms with Gasteiger partial charge in [0.2, 0.25) is 0 Å². The summed E-state index contributed by atoms with van der Waals surface area (Å²) in [4.78, 5) is 36.5. The molecule has 0 saturated carbocycles. The second-order valence-corrected chi connectivity index (χ2v) is 6.00. The largest absolute Gasteiger partial charge is 0.477 e. The lowest BCUT2D eigenvalue weighted by Crippen LogP contribution is -2.27. The van der Waals surface area contributed by atoms with Crippen molar-refractivity contribution < 1.29 is 19.1 Å². The molecular weight excluding hydrogens is 320 g/mol. The van der Waals surface area contributed by atoms with E-state index >= 15 is 0 Å². The van der Waals surface area contributed by atoms with Crippen LogP contribution in [0.2, 0.25) is 0 Å². The average molecular weight is 332 g/mol. The highest BCUT2D eigenvalue weighted by Crippen LogP contribution is 2.32. The molecule has 0 bridgehead atoms.